The molecule has 0 bridgehead atoms. The molecule has 2 aromatic heterocycles. The zero-order valence-corrected chi connectivity index (χ0v) is 16.6. The summed E-state index contributed by atoms with van der Waals surface area (Å²) in [5, 5.41) is 7.80. The molecule has 0 aliphatic carbocycles. The average Bonchev–Trinajstić information content (AvgIpc) is 3.37. The Morgan fingerprint density at radius 2 is 1.83 bits per heavy atom. The summed E-state index contributed by atoms with van der Waals surface area (Å²) < 4.78 is 49.2. The summed E-state index contributed by atoms with van der Waals surface area (Å²) in [4.78, 5) is 13.0. The molecule has 30 heavy (non-hydrogen) atoms. The smallest absolute Gasteiger partial charge is 0.340 e. The number of hydrogen-bond acceptors (Lipinski definition) is 8. The van der Waals surface area contributed by atoms with Crippen molar-refractivity contribution >= 4 is 0 Å². The first-order chi connectivity index (χ1) is 14.3. The Balaban J connectivity index is 1.38. The quantitative estimate of drug-likeness (QED) is 0.619. The van der Waals surface area contributed by atoms with Crippen LogP contribution in [-0.2, 0) is 12.7 Å². The van der Waals surface area contributed by atoms with Gasteiger partial charge in [0.25, 0.3) is 0 Å². The summed E-state index contributed by atoms with van der Waals surface area (Å²) >= 11 is 0. The molecule has 3 aromatic rings. The van der Waals surface area contributed by atoms with E-state index in [0.717, 1.165) is 38.3 Å². The topological polar surface area (TPSA) is 84.3 Å². The van der Waals surface area contributed by atoms with E-state index in [1.807, 2.05) is 6.92 Å². The van der Waals surface area contributed by atoms with Crippen molar-refractivity contribution in [1.82, 2.24) is 30.1 Å². The lowest BCUT2D eigenvalue weighted by Gasteiger charge is -2.36. The van der Waals surface area contributed by atoms with Crippen molar-refractivity contribution in [3.05, 3.63) is 47.4 Å². The Morgan fingerprint density at radius 3 is 2.50 bits per heavy atom. The molecule has 0 saturated carbocycles. The summed E-state index contributed by atoms with van der Waals surface area (Å²) in [5.74, 6) is 1.74. The highest BCUT2D eigenvalue weighted by Crippen LogP contribution is 2.32. The van der Waals surface area contributed by atoms with Gasteiger partial charge >= 0.3 is 6.18 Å². The van der Waals surface area contributed by atoms with Gasteiger partial charge in [0.1, 0.15) is 0 Å². The second-order valence-corrected chi connectivity index (χ2v) is 7.25. The van der Waals surface area contributed by atoms with Crippen LogP contribution in [0.4, 0.5) is 13.2 Å². The average molecular weight is 422 g/mol. The molecule has 0 N–H and O–H groups in total. The first-order valence-electron chi connectivity index (χ1n) is 9.56. The second-order valence-electron chi connectivity index (χ2n) is 7.25. The van der Waals surface area contributed by atoms with Crippen LogP contribution in [0, 0.1) is 6.92 Å². The molecule has 1 unspecified atom stereocenters. The summed E-state index contributed by atoms with van der Waals surface area (Å²) in [5.41, 5.74) is -0.473. The summed E-state index contributed by atoms with van der Waals surface area (Å²) in [7, 11) is 0. The molecule has 8 nitrogen and oxygen atoms in total. The number of aromatic nitrogens is 4. The van der Waals surface area contributed by atoms with Crippen LogP contribution in [-0.4, -0.2) is 56.3 Å². The van der Waals surface area contributed by atoms with E-state index < -0.39 is 11.7 Å². The zero-order valence-electron chi connectivity index (χ0n) is 16.6. The Bertz CT molecular complexity index is 994. The molecular formula is C19H21F3N6O2. The SMILES string of the molecule is Cc1nc(CN2CCN(C(C)c3nc(-c4cccc(C(F)(F)F)c4)no3)CC2)no1. The number of alkyl halides is 3. The molecule has 11 heteroatoms. The van der Waals surface area contributed by atoms with Gasteiger partial charge in [-0.2, -0.15) is 23.1 Å². The van der Waals surface area contributed by atoms with Gasteiger partial charge in [-0.25, -0.2) is 0 Å². The van der Waals surface area contributed by atoms with Crippen molar-refractivity contribution in [1.29, 1.82) is 0 Å². The number of nitrogens with zero attached hydrogens (tertiary/aromatic N) is 6. The van der Waals surface area contributed by atoms with Crippen molar-refractivity contribution in [2.24, 2.45) is 0 Å². The number of rotatable bonds is 5. The fraction of sp³-hybridized carbons (Fsp3) is 0.474. The normalized spacial score (nSPS) is 17.4. The molecule has 0 radical (unpaired) electrons. The second kappa shape index (κ2) is 8.15. The monoisotopic (exact) mass is 422 g/mol. The van der Waals surface area contributed by atoms with E-state index in [2.05, 4.69) is 30.1 Å². The van der Waals surface area contributed by atoms with E-state index in [1.54, 1.807) is 6.92 Å². The predicted octanol–water partition coefficient (Wildman–Crippen LogP) is 3.33. The molecule has 0 spiro atoms. The number of hydrogen-bond donors (Lipinski definition) is 0. The Labute approximate surface area is 170 Å². The van der Waals surface area contributed by atoms with Crippen LogP contribution >= 0.6 is 0 Å². The van der Waals surface area contributed by atoms with Gasteiger partial charge in [-0.15, -0.1) is 0 Å². The Hall–Kier alpha value is -2.79. The van der Waals surface area contributed by atoms with Crippen LogP contribution in [0.5, 0.6) is 0 Å². The van der Waals surface area contributed by atoms with Crippen molar-refractivity contribution in [2.75, 3.05) is 26.2 Å². The molecule has 4 rings (SSSR count). The molecule has 1 aromatic carbocycles. The number of halogens is 3. The van der Waals surface area contributed by atoms with Gasteiger partial charge in [-0.3, -0.25) is 9.80 Å². The van der Waals surface area contributed by atoms with E-state index in [0.29, 0.717) is 24.2 Å². The minimum atomic E-state index is -4.42. The van der Waals surface area contributed by atoms with Crippen LogP contribution in [0.3, 0.4) is 0 Å². The van der Waals surface area contributed by atoms with Crippen LogP contribution in [0.25, 0.3) is 11.4 Å². The lowest BCUT2D eigenvalue weighted by molar-refractivity contribution is -0.137. The van der Waals surface area contributed by atoms with Gasteiger partial charge in [0.05, 0.1) is 18.2 Å². The molecule has 3 heterocycles. The highest BCUT2D eigenvalue weighted by molar-refractivity contribution is 5.55. The molecule has 1 saturated heterocycles. The first-order valence-corrected chi connectivity index (χ1v) is 9.56. The van der Waals surface area contributed by atoms with E-state index >= 15 is 0 Å². The number of piperazine rings is 1. The zero-order chi connectivity index (χ0) is 21.3. The predicted molar refractivity (Wildman–Crippen MR) is 99.0 cm³/mol. The van der Waals surface area contributed by atoms with Gasteiger partial charge in [0.15, 0.2) is 5.82 Å². The fourth-order valence-corrected chi connectivity index (χ4v) is 3.43. The maximum atomic E-state index is 12.9. The molecule has 160 valence electrons. The van der Waals surface area contributed by atoms with E-state index in [-0.39, 0.29) is 17.4 Å². The van der Waals surface area contributed by atoms with Crippen LogP contribution < -0.4 is 0 Å². The van der Waals surface area contributed by atoms with Crippen molar-refractivity contribution in [3.8, 4) is 11.4 Å². The molecule has 1 aliphatic rings. The Morgan fingerprint density at radius 1 is 1.07 bits per heavy atom. The maximum absolute atomic E-state index is 12.9. The standard InChI is InChI=1S/C19H21F3N6O2/c1-12(28-8-6-27(7-9-28)11-16-23-13(2)29-25-16)18-24-17(26-30-18)14-4-3-5-15(10-14)19(20,21)22/h3-5,10,12H,6-9,11H2,1-2H3. The molecule has 1 fully saturated rings. The van der Waals surface area contributed by atoms with Crippen molar-refractivity contribution in [2.45, 2.75) is 32.6 Å². The summed E-state index contributed by atoms with van der Waals surface area (Å²) in [6.45, 7) is 7.51. The maximum Gasteiger partial charge on any atom is 0.416 e. The van der Waals surface area contributed by atoms with E-state index in [4.69, 9.17) is 9.05 Å². The highest BCUT2D eigenvalue weighted by atomic mass is 19.4. The van der Waals surface area contributed by atoms with Gasteiger partial charge in [0.2, 0.25) is 17.6 Å². The molecular weight excluding hydrogens is 401 g/mol. The first kappa shape index (κ1) is 20.5. The minimum Gasteiger partial charge on any atom is -0.340 e. The van der Waals surface area contributed by atoms with Gasteiger partial charge in [-0.05, 0) is 19.1 Å². The van der Waals surface area contributed by atoms with Crippen LogP contribution in [0.15, 0.2) is 33.3 Å². The molecule has 1 atom stereocenters. The third-order valence-electron chi connectivity index (χ3n) is 5.14. The number of aryl methyl sites for hydroxylation is 1. The van der Waals surface area contributed by atoms with Gasteiger partial charge in [-0.1, -0.05) is 22.4 Å². The van der Waals surface area contributed by atoms with Gasteiger partial charge < -0.3 is 9.05 Å². The van der Waals surface area contributed by atoms with E-state index in [9.17, 15) is 13.2 Å². The number of benzene rings is 1. The third kappa shape index (κ3) is 4.51. The summed E-state index contributed by atoms with van der Waals surface area (Å²) in [6, 6.07) is 4.77. The molecule has 0 amide bonds. The summed E-state index contributed by atoms with van der Waals surface area (Å²) in [6.07, 6.45) is -4.42. The van der Waals surface area contributed by atoms with Crippen LogP contribution in [0.1, 0.15) is 36.1 Å². The van der Waals surface area contributed by atoms with Crippen LogP contribution in [0.2, 0.25) is 0 Å². The third-order valence-corrected chi connectivity index (χ3v) is 5.14. The lowest BCUT2D eigenvalue weighted by Crippen LogP contribution is -2.46. The van der Waals surface area contributed by atoms with Gasteiger partial charge in [0, 0.05) is 38.7 Å². The minimum absolute atomic E-state index is 0.147. The largest absolute Gasteiger partial charge is 0.416 e. The van der Waals surface area contributed by atoms with Crippen molar-refractivity contribution in [3.63, 3.8) is 0 Å². The molecule has 1 aliphatic heterocycles. The van der Waals surface area contributed by atoms with E-state index in [1.165, 1.54) is 12.1 Å². The fourth-order valence-electron chi connectivity index (χ4n) is 3.43. The lowest BCUT2D eigenvalue weighted by atomic mass is 10.1. The highest BCUT2D eigenvalue weighted by Gasteiger charge is 2.31. The van der Waals surface area contributed by atoms with Crippen molar-refractivity contribution < 1.29 is 22.2 Å². The Kier molecular flexibility index (Phi) is 5.56.